The summed E-state index contributed by atoms with van der Waals surface area (Å²) in [5.41, 5.74) is 2.15. The number of carbonyl (C=O) groups is 1. The van der Waals surface area contributed by atoms with Crippen molar-refractivity contribution in [1.29, 1.82) is 0 Å². The Bertz CT molecular complexity index is 560. The van der Waals surface area contributed by atoms with Crippen LogP contribution < -0.4 is 10.2 Å². The highest BCUT2D eigenvalue weighted by Crippen LogP contribution is 2.37. The number of hydrogen-bond acceptors (Lipinski definition) is 2. The van der Waals surface area contributed by atoms with Crippen molar-refractivity contribution >= 4 is 23.2 Å². The fraction of sp³-hybridized carbons (Fsp3) is 0.588. The van der Waals surface area contributed by atoms with Crippen LogP contribution in [0.3, 0.4) is 0 Å². The Morgan fingerprint density at radius 1 is 1.29 bits per heavy atom. The van der Waals surface area contributed by atoms with Crippen LogP contribution in [-0.2, 0) is 11.2 Å². The van der Waals surface area contributed by atoms with E-state index in [0.717, 1.165) is 35.7 Å². The number of benzene rings is 1. The minimum absolute atomic E-state index is 0.00281. The molecule has 3 unspecified atom stereocenters. The van der Waals surface area contributed by atoms with Crippen LogP contribution in [0.5, 0.6) is 0 Å². The van der Waals surface area contributed by atoms with Gasteiger partial charge >= 0.3 is 0 Å². The molecule has 0 radical (unpaired) electrons. The highest BCUT2D eigenvalue weighted by atomic mass is 35.5. The number of nitrogens with one attached hydrogen (secondary N) is 1. The molecule has 3 aliphatic rings. The molecule has 1 N–H and O–H groups in total. The smallest absolute Gasteiger partial charge is 0.244 e. The van der Waals surface area contributed by atoms with Gasteiger partial charge in [0.25, 0.3) is 0 Å². The lowest BCUT2D eigenvalue weighted by Gasteiger charge is -2.24. The van der Waals surface area contributed by atoms with E-state index in [-0.39, 0.29) is 11.9 Å². The SMILES string of the molecule is O=C(C1CC2CCCCC2N1)N1CCc2c(Cl)cccc21. The maximum absolute atomic E-state index is 12.9. The largest absolute Gasteiger partial charge is 0.310 e. The molecule has 4 rings (SSSR count). The molecule has 3 atom stereocenters. The zero-order chi connectivity index (χ0) is 14.4. The van der Waals surface area contributed by atoms with Gasteiger partial charge in [0.1, 0.15) is 0 Å². The molecule has 112 valence electrons. The average Bonchev–Trinajstić information content (AvgIpc) is 3.11. The van der Waals surface area contributed by atoms with E-state index in [2.05, 4.69) is 5.32 Å². The first-order valence-electron chi connectivity index (χ1n) is 8.09. The van der Waals surface area contributed by atoms with Crippen LogP contribution in [0.1, 0.15) is 37.7 Å². The highest BCUT2D eigenvalue weighted by molar-refractivity contribution is 6.32. The highest BCUT2D eigenvalue weighted by Gasteiger charge is 2.41. The Morgan fingerprint density at radius 3 is 3.00 bits per heavy atom. The zero-order valence-corrected chi connectivity index (χ0v) is 12.9. The van der Waals surface area contributed by atoms with Gasteiger partial charge in [-0.25, -0.2) is 0 Å². The number of nitrogens with zero attached hydrogens (tertiary/aromatic N) is 1. The number of carbonyl (C=O) groups excluding carboxylic acids is 1. The monoisotopic (exact) mass is 304 g/mol. The van der Waals surface area contributed by atoms with E-state index < -0.39 is 0 Å². The van der Waals surface area contributed by atoms with Gasteiger partial charge in [0.05, 0.1) is 6.04 Å². The third-order valence-electron chi connectivity index (χ3n) is 5.40. The maximum Gasteiger partial charge on any atom is 0.244 e. The number of rotatable bonds is 1. The zero-order valence-electron chi connectivity index (χ0n) is 12.1. The van der Waals surface area contributed by atoms with Crippen LogP contribution in [-0.4, -0.2) is 24.5 Å². The molecule has 21 heavy (non-hydrogen) atoms. The van der Waals surface area contributed by atoms with Crippen LogP contribution in [0.2, 0.25) is 5.02 Å². The van der Waals surface area contributed by atoms with Crippen LogP contribution in [0.15, 0.2) is 18.2 Å². The third kappa shape index (κ3) is 2.27. The van der Waals surface area contributed by atoms with E-state index in [1.165, 1.54) is 25.7 Å². The van der Waals surface area contributed by atoms with Gasteiger partial charge in [0, 0.05) is 23.3 Å². The summed E-state index contributed by atoms with van der Waals surface area (Å²) in [5.74, 6) is 0.944. The molecule has 1 amide bonds. The minimum atomic E-state index is 0.00281. The Morgan fingerprint density at radius 2 is 2.14 bits per heavy atom. The second-order valence-corrected chi connectivity index (χ2v) is 6.99. The van der Waals surface area contributed by atoms with Gasteiger partial charge in [-0.3, -0.25) is 4.79 Å². The lowest BCUT2D eigenvalue weighted by Crippen LogP contribution is -2.45. The van der Waals surface area contributed by atoms with Gasteiger partial charge in [-0.1, -0.05) is 30.5 Å². The van der Waals surface area contributed by atoms with E-state index in [1.807, 2.05) is 23.1 Å². The molecule has 1 saturated heterocycles. The fourth-order valence-corrected chi connectivity index (χ4v) is 4.58. The predicted octanol–water partition coefficient (Wildman–Crippen LogP) is 3.15. The molecule has 1 aliphatic carbocycles. The summed E-state index contributed by atoms with van der Waals surface area (Å²) in [7, 11) is 0. The van der Waals surface area contributed by atoms with Crippen LogP contribution in [0, 0.1) is 5.92 Å². The molecule has 0 spiro atoms. The first-order chi connectivity index (χ1) is 10.2. The van der Waals surface area contributed by atoms with Crippen LogP contribution in [0.25, 0.3) is 0 Å². The Balaban J connectivity index is 1.53. The van der Waals surface area contributed by atoms with Gasteiger partial charge < -0.3 is 10.2 Å². The number of fused-ring (bicyclic) bond motifs is 2. The second-order valence-electron chi connectivity index (χ2n) is 6.58. The summed E-state index contributed by atoms with van der Waals surface area (Å²) in [6, 6.07) is 6.44. The first-order valence-corrected chi connectivity index (χ1v) is 8.46. The van der Waals surface area contributed by atoms with Crippen molar-refractivity contribution < 1.29 is 4.79 Å². The molecule has 3 nitrogen and oxygen atoms in total. The molecule has 1 saturated carbocycles. The summed E-state index contributed by atoms with van der Waals surface area (Å²) < 4.78 is 0. The van der Waals surface area contributed by atoms with Gasteiger partial charge in [-0.2, -0.15) is 0 Å². The number of amides is 1. The summed E-state index contributed by atoms with van der Waals surface area (Å²) in [6.45, 7) is 0.769. The topological polar surface area (TPSA) is 32.3 Å². The van der Waals surface area contributed by atoms with Crippen LogP contribution >= 0.6 is 11.6 Å². The maximum atomic E-state index is 12.9. The minimum Gasteiger partial charge on any atom is -0.310 e. The molecular formula is C17H21ClN2O. The quantitative estimate of drug-likeness (QED) is 0.864. The van der Waals surface area contributed by atoms with Gasteiger partial charge in [0.2, 0.25) is 5.91 Å². The van der Waals surface area contributed by atoms with Crippen molar-refractivity contribution in [3.8, 4) is 0 Å². The van der Waals surface area contributed by atoms with Crippen molar-refractivity contribution in [2.24, 2.45) is 5.92 Å². The van der Waals surface area contributed by atoms with E-state index >= 15 is 0 Å². The first kappa shape index (κ1) is 13.6. The summed E-state index contributed by atoms with van der Waals surface area (Å²) in [5, 5.41) is 4.38. The van der Waals surface area contributed by atoms with Crippen molar-refractivity contribution in [3.63, 3.8) is 0 Å². The van der Waals surface area contributed by atoms with Crippen molar-refractivity contribution in [1.82, 2.24) is 5.32 Å². The number of hydrogen-bond donors (Lipinski definition) is 1. The Labute approximate surface area is 130 Å². The Hall–Kier alpha value is -1.06. The van der Waals surface area contributed by atoms with Gasteiger partial charge in [-0.15, -0.1) is 0 Å². The molecular weight excluding hydrogens is 284 g/mol. The summed E-state index contributed by atoms with van der Waals surface area (Å²) in [6.07, 6.45) is 7.03. The standard InChI is InChI=1S/C17H21ClN2O/c18-13-5-3-7-16-12(13)8-9-20(16)17(21)15-10-11-4-1-2-6-14(11)19-15/h3,5,7,11,14-15,19H,1-2,4,6,8-10H2. The molecule has 0 bridgehead atoms. The van der Waals surface area contributed by atoms with Gasteiger partial charge in [0.15, 0.2) is 0 Å². The third-order valence-corrected chi connectivity index (χ3v) is 5.75. The van der Waals surface area contributed by atoms with E-state index in [9.17, 15) is 4.79 Å². The normalized spacial score (nSPS) is 31.1. The molecule has 2 heterocycles. The van der Waals surface area contributed by atoms with Crippen LogP contribution in [0.4, 0.5) is 5.69 Å². The summed E-state index contributed by atoms with van der Waals surface area (Å²) in [4.78, 5) is 14.8. The number of anilines is 1. The van der Waals surface area contributed by atoms with Crippen molar-refractivity contribution in [3.05, 3.63) is 28.8 Å². The number of halogens is 1. The molecule has 4 heteroatoms. The fourth-order valence-electron chi connectivity index (χ4n) is 4.32. The Kier molecular flexibility index (Phi) is 3.43. The predicted molar refractivity (Wildman–Crippen MR) is 84.8 cm³/mol. The molecule has 2 aliphatic heterocycles. The lowest BCUT2D eigenvalue weighted by atomic mass is 9.85. The van der Waals surface area contributed by atoms with Gasteiger partial charge in [-0.05, 0) is 49.3 Å². The molecule has 0 aromatic heterocycles. The van der Waals surface area contributed by atoms with Crippen molar-refractivity contribution in [2.75, 3.05) is 11.4 Å². The lowest BCUT2D eigenvalue weighted by molar-refractivity contribution is -0.120. The summed E-state index contributed by atoms with van der Waals surface area (Å²) >= 11 is 6.25. The van der Waals surface area contributed by atoms with E-state index in [0.29, 0.717) is 12.0 Å². The second kappa shape index (κ2) is 5.29. The molecule has 1 aromatic carbocycles. The van der Waals surface area contributed by atoms with Crippen molar-refractivity contribution in [2.45, 2.75) is 50.6 Å². The van der Waals surface area contributed by atoms with E-state index in [1.54, 1.807) is 0 Å². The average molecular weight is 305 g/mol. The van der Waals surface area contributed by atoms with E-state index in [4.69, 9.17) is 11.6 Å². The molecule has 2 fully saturated rings. The molecule has 1 aromatic rings.